The first-order valence-electron chi connectivity index (χ1n) is 5.15. The van der Waals surface area contributed by atoms with E-state index in [4.69, 9.17) is 16.0 Å². The highest BCUT2D eigenvalue weighted by molar-refractivity contribution is 6.28. The highest BCUT2D eigenvalue weighted by atomic mass is 35.5. The lowest BCUT2D eigenvalue weighted by Gasteiger charge is -2.15. The normalized spacial score (nSPS) is 15.3. The molecule has 3 rings (SSSR count). The second-order valence-corrected chi connectivity index (χ2v) is 4.16. The van der Waals surface area contributed by atoms with Gasteiger partial charge in [-0.2, -0.15) is 0 Å². The summed E-state index contributed by atoms with van der Waals surface area (Å²) in [7, 11) is 0. The minimum Gasteiger partial charge on any atom is -0.441 e. The molecule has 0 N–H and O–H groups in total. The predicted molar refractivity (Wildman–Crippen MR) is 57.9 cm³/mol. The molecule has 0 aliphatic carbocycles. The topological polar surface area (TPSA) is 31.0 Å². The Morgan fingerprint density at radius 2 is 2.27 bits per heavy atom. The van der Waals surface area contributed by atoms with Gasteiger partial charge in [0.1, 0.15) is 0 Å². The van der Waals surface area contributed by atoms with Crippen molar-refractivity contribution in [2.45, 2.75) is 25.8 Å². The zero-order chi connectivity index (χ0) is 10.3. The summed E-state index contributed by atoms with van der Waals surface area (Å²) in [6.07, 6.45) is 5.52. The molecule has 0 unspecified atom stereocenters. The Morgan fingerprint density at radius 3 is 3.07 bits per heavy atom. The number of hydrogen-bond acceptors (Lipinski definition) is 2. The maximum atomic E-state index is 5.76. The molecule has 0 spiro atoms. The lowest BCUT2D eigenvalue weighted by atomic mass is 10.1. The maximum Gasteiger partial charge on any atom is 0.194 e. The molecule has 3 nitrogen and oxygen atoms in total. The van der Waals surface area contributed by atoms with Crippen LogP contribution in [0, 0.1) is 0 Å². The molecule has 0 amide bonds. The third kappa shape index (κ3) is 1.47. The number of rotatable bonds is 1. The molecule has 0 bridgehead atoms. The minimum atomic E-state index is 0.415. The van der Waals surface area contributed by atoms with Crippen molar-refractivity contribution in [3.8, 4) is 11.6 Å². The summed E-state index contributed by atoms with van der Waals surface area (Å²) in [5.74, 6) is 1.66. The number of aryl methyl sites for hydroxylation is 1. The molecule has 4 heteroatoms. The van der Waals surface area contributed by atoms with E-state index in [2.05, 4.69) is 9.55 Å². The zero-order valence-corrected chi connectivity index (χ0v) is 9.00. The molecular weight excluding hydrogens is 212 g/mol. The fraction of sp³-hybridized carbons (Fsp3) is 0.364. The quantitative estimate of drug-likeness (QED) is 0.742. The number of halogens is 1. The van der Waals surface area contributed by atoms with Crippen LogP contribution < -0.4 is 0 Å². The van der Waals surface area contributed by atoms with E-state index >= 15 is 0 Å². The Labute approximate surface area is 92.7 Å². The average molecular weight is 223 g/mol. The summed E-state index contributed by atoms with van der Waals surface area (Å²) in [5, 5.41) is 0.415. The lowest BCUT2D eigenvalue weighted by Crippen LogP contribution is -2.10. The Bertz CT molecular complexity index is 486. The van der Waals surface area contributed by atoms with Crippen LogP contribution in [-0.4, -0.2) is 9.55 Å². The Hall–Kier alpha value is -1.22. The van der Waals surface area contributed by atoms with Crippen LogP contribution in [0.1, 0.15) is 18.5 Å². The first-order chi connectivity index (χ1) is 7.34. The van der Waals surface area contributed by atoms with Crippen LogP contribution in [0.15, 0.2) is 22.7 Å². The average Bonchev–Trinajstić information content (AvgIpc) is 2.83. The molecule has 0 aromatic carbocycles. The van der Waals surface area contributed by atoms with Gasteiger partial charge in [0, 0.05) is 18.4 Å². The van der Waals surface area contributed by atoms with Crippen LogP contribution >= 0.6 is 11.6 Å². The van der Waals surface area contributed by atoms with E-state index in [-0.39, 0.29) is 0 Å². The molecule has 1 aliphatic heterocycles. The summed E-state index contributed by atoms with van der Waals surface area (Å²) < 4.78 is 7.60. The SMILES string of the molecule is Clc1ccc(-c2ncc3n2CCCC3)o1. The minimum absolute atomic E-state index is 0.415. The van der Waals surface area contributed by atoms with E-state index < -0.39 is 0 Å². The van der Waals surface area contributed by atoms with Crippen molar-refractivity contribution in [2.75, 3.05) is 0 Å². The molecule has 0 fully saturated rings. The van der Waals surface area contributed by atoms with Crippen molar-refractivity contribution < 1.29 is 4.42 Å². The van der Waals surface area contributed by atoms with Gasteiger partial charge in [0.05, 0.1) is 0 Å². The molecular formula is C11H11ClN2O. The molecule has 0 saturated carbocycles. The largest absolute Gasteiger partial charge is 0.441 e. The number of aromatic nitrogens is 2. The first-order valence-corrected chi connectivity index (χ1v) is 5.52. The summed E-state index contributed by atoms with van der Waals surface area (Å²) in [6, 6.07) is 3.62. The molecule has 0 atom stereocenters. The van der Waals surface area contributed by atoms with Gasteiger partial charge in [-0.1, -0.05) is 0 Å². The molecule has 2 aromatic heterocycles. The monoisotopic (exact) mass is 222 g/mol. The van der Waals surface area contributed by atoms with Crippen molar-refractivity contribution in [2.24, 2.45) is 0 Å². The zero-order valence-electron chi connectivity index (χ0n) is 8.24. The van der Waals surface area contributed by atoms with Crippen molar-refractivity contribution in [3.63, 3.8) is 0 Å². The van der Waals surface area contributed by atoms with Gasteiger partial charge in [0.15, 0.2) is 16.8 Å². The maximum absolute atomic E-state index is 5.76. The second kappa shape index (κ2) is 3.42. The number of furan rings is 1. The smallest absolute Gasteiger partial charge is 0.194 e. The van der Waals surface area contributed by atoms with Gasteiger partial charge in [-0.3, -0.25) is 0 Å². The van der Waals surface area contributed by atoms with E-state index in [1.807, 2.05) is 12.3 Å². The first kappa shape index (κ1) is 9.04. The number of imidazole rings is 1. The van der Waals surface area contributed by atoms with Gasteiger partial charge < -0.3 is 8.98 Å². The summed E-state index contributed by atoms with van der Waals surface area (Å²) in [5.41, 5.74) is 1.30. The van der Waals surface area contributed by atoms with Crippen LogP contribution in [0.2, 0.25) is 5.22 Å². The van der Waals surface area contributed by atoms with Crippen LogP contribution in [0.3, 0.4) is 0 Å². The molecule has 15 heavy (non-hydrogen) atoms. The number of fused-ring (bicyclic) bond motifs is 1. The third-order valence-electron chi connectivity index (χ3n) is 2.80. The number of nitrogens with zero attached hydrogens (tertiary/aromatic N) is 2. The summed E-state index contributed by atoms with van der Waals surface area (Å²) in [4.78, 5) is 4.39. The Balaban J connectivity index is 2.08. The van der Waals surface area contributed by atoms with E-state index in [0.717, 1.165) is 24.6 Å². The van der Waals surface area contributed by atoms with Crippen LogP contribution in [0.5, 0.6) is 0 Å². The number of hydrogen-bond donors (Lipinski definition) is 0. The molecule has 78 valence electrons. The highest BCUT2D eigenvalue weighted by Gasteiger charge is 2.17. The van der Waals surface area contributed by atoms with Crippen molar-refractivity contribution >= 4 is 11.6 Å². The third-order valence-corrected chi connectivity index (χ3v) is 3.00. The van der Waals surface area contributed by atoms with E-state index in [1.165, 1.54) is 18.5 Å². The van der Waals surface area contributed by atoms with E-state index in [1.54, 1.807) is 6.07 Å². The molecule has 0 saturated heterocycles. The summed E-state index contributed by atoms with van der Waals surface area (Å²) >= 11 is 5.76. The molecule has 2 aromatic rings. The predicted octanol–water partition coefficient (Wildman–Crippen LogP) is 3.13. The van der Waals surface area contributed by atoms with Gasteiger partial charge in [-0.15, -0.1) is 0 Å². The Morgan fingerprint density at radius 1 is 1.33 bits per heavy atom. The van der Waals surface area contributed by atoms with Crippen LogP contribution in [0.25, 0.3) is 11.6 Å². The van der Waals surface area contributed by atoms with Crippen LogP contribution in [-0.2, 0) is 13.0 Å². The highest BCUT2D eigenvalue weighted by Crippen LogP contribution is 2.27. The summed E-state index contributed by atoms with van der Waals surface area (Å²) in [6.45, 7) is 1.03. The molecule has 0 radical (unpaired) electrons. The van der Waals surface area contributed by atoms with Crippen molar-refractivity contribution in [1.82, 2.24) is 9.55 Å². The van der Waals surface area contributed by atoms with E-state index in [0.29, 0.717) is 5.22 Å². The molecule has 3 heterocycles. The van der Waals surface area contributed by atoms with Crippen molar-refractivity contribution in [1.29, 1.82) is 0 Å². The van der Waals surface area contributed by atoms with Gasteiger partial charge in [0.2, 0.25) is 0 Å². The van der Waals surface area contributed by atoms with Gasteiger partial charge in [-0.25, -0.2) is 4.98 Å². The fourth-order valence-electron chi connectivity index (χ4n) is 2.07. The van der Waals surface area contributed by atoms with E-state index in [9.17, 15) is 0 Å². The van der Waals surface area contributed by atoms with Gasteiger partial charge in [0.25, 0.3) is 0 Å². The standard InChI is InChI=1S/C11H11ClN2O/c12-10-5-4-9(15-10)11-13-7-8-3-1-2-6-14(8)11/h4-5,7H,1-3,6H2. The van der Waals surface area contributed by atoms with Gasteiger partial charge in [-0.05, 0) is 43.0 Å². The fourth-order valence-corrected chi connectivity index (χ4v) is 2.21. The molecule has 1 aliphatic rings. The van der Waals surface area contributed by atoms with Gasteiger partial charge >= 0.3 is 0 Å². The Kier molecular flexibility index (Phi) is 2.06. The lowest BCUT2D eigenvalue weighted by molar-refractivity contribution is 0.521. The second-order valence-electron chi connectivity index (χ2n) is 3.79. The van der Waals surface area contributed by atoms with Crippen molar-refractivity contribution in [3.05, 3.63) is 29.2 Å². The van der Waals surface area contributed by atoms with Crippen LogP contribution in [0.4, 0.5) is 0 Å².